The molecule has 4 nitrogen and oxygen atoms in total. The van der Waals surface area contributed by atoms with Crippen LogP contribution < -0.4 is 4.90 Å². The highest BCUT2D eigenvalue weighted by Gasteiger charge is 2.34. The molecule has 2 fully saturated rings. The maximum absolute atomic E-state index is 12.6. The number of fused-ring (bicyclic) bond motifs is 1. The molecule has 0 bridgehead atoms. The molecule has 2 aliphatic heterocycles. The fourth-order valence-corrected chi connectivity index (χ4v) is 5.55. The van der Waals surface area contributed by atoms with E-state index in [9.17, 15) is 4.79 Å². The molecule has 0 spiro atoms. The van der Waals surface area contributed by atoms with Gasteiger partial charge < -0.3 is 14.7 Å². The van der Waals surface area contributed by atoms with E-state index in [-0.39, 0.29) is 11.3 Å². The van der Waals surface area contributed by atoms with Crippen molar-refractivity contribution in [3.63, 3.8) is 0 Å². The number of carbonyl (C=O) groups is 1. The monoisotopic (exact) mass is 383 g/mol. The molecule has 2 aromatic rings. The number of nitrogens with zero attached hydrogens (tertiary/aromatic N) is 3. The third kappa shape index (κ3) is 3.81. The van der Waals surface area contributed by atoms with Gasteiger partial charge in [0.15, 0.2) is 0 Å². The molecule has 0 aromatic heterocycles. The molecule has 2 aromatic carbocycles. The average molecular weight is 384 g/mol. The predicted molar refractivity (Wildman–Crippen MR) is 115 cm³/mol. The molecular weight excluding hydrogens is 354 g/mol. The molecule has 0 aliphatic carbocycles. The Labute approximate surface area is 166 Å². The molecule has 0 saturated carbocycles. The van der Waals surface area contributed by atoms with Gasteiger partial charge in [-0.25, -0.2) is 0 Å². The third-order valence-corrected chi connectivity index (χ3v) is 6.99. The summed E-state index contributed by atoms with van der Waals surface area (Å²) in [6.45, 7) is 4.19. The van der Waals surface area contributed by atoms with E-state index < -0.39 is 0 Å². The van der Waals surface area contributed by atoms with Crippen LogP contribution in [0.3, 0.4) is 0 Å². The van der Waals surface area contributed by atoms with E-state index in [2.05, 4.69) is 65.2 Å². The Hall–Kier alpha value is -1.72. The number of piperidine rings is 1. The van der Waals surface area contributed by atoms with E-state index in [4.69, 9.17) is 0 Å². The summed E-state index contributed by atoms with van der Waals surface area (Å²) in [4.78, 5) is 19.4. The van der Waals surface area contributed by atoms with Crippen molar-refractivity contribution in [2.75, 3.05) is 50.9 Å². The molecule has 4 rings (SSSR count). The van der Waals surface area contributed by atoms with Gasteiger partial charge in [0.1, 0.15) is 5.37 Å². The highest BCUT2D eigenvalue weighted by molar-refractivity contribution is 8.00. The Morgan fingerprint density at radius 3 is 2.48 bits per heavy atom. The van der Waals surface area contributed by atoms with E-state index in [0.717, 1.165) is 13.1 Å². The van der Waals surface area contributed by atoms with Crippen molar-refractivity contribution >= 4 is 34.1 Å². The maximum atomic E-state index is 12.6. The van der Waals surface area contributed by atoms with Gasteiger partial charge in [-0.2, -0.15) is 0 Å². The van der Waals surface area contributed by atoms with E-state index in [1.54, 1.807) is 11.8 Å². The molecule has 1 unspecified atom stereocenters. The zero-order valence-electron chi connectivity index (χ0n) is 16.4. The van der Waals surface area contributed by atoms with Crippen molar-refractivity contribution in [1.82, 2.24) is 9.80 Å². The zero-order valence-corrected chi connectivity index (χ0v) is 17.2. The maximum Gasteiger partial charge on any atom is 0.233 e. The smallest absolute Gasteiger partial charge is 0.233 e. The first-order chi connectivity index (χ1) is 13.1. The Morgan fingerprint density at radius 2 is 1.74 bits per heavy atom. The summed E-state index contributed by atoms with van der Waals surface area (Å²) in [6.07, 6.45) is 3.94. The van der Waals surface area contributed by atoms with Crippen LogP contribution in [0.15, 0.2) is 36.4 Å². The van der Waals surface area contributed by atoms with Crippen LogP contribution in [0, 0.1) is 0 Å². The van der Waals surface area contributed by atoms with Crippen LogP contribution in [-0.4, -0.2) is 61.7 Å². The van der Waals surface area contributed by atoms with Gasteiger partial charge in [0.05, 0.1) is 5.75 Å². The summed E-state index contributed by atoms with van der Waals surface area (Å²) in [6, 6.07) is 13.0. The van der Waals surface area contributed by atoms with Gasteiger partial charge in [0, 0.05) is 38.3 Å². The second kappa shape index (κ2) is 8.11. The Morgan fingerprint density at radius 1 is 1.00 bits per heavy atom. The number of rotatable bonds is 5. The molecule has 1 amide bonds. The summed E-state index contributed by atoms with van der Waals surface area (Å²) in [7, 11) is 4.17. The lowest BCUT2D eigenvalue weighted by Gasteiger charge is -2.31. The van der Waals surface area contributed by atoms with E-state index in [0.29, 0.717) is 5.75 Å². The number of carbonyl (C=O) groups excluding carboxylic acids is 1. The lowest BCUT2D eigenvalue weighted by molar-refractivity contribution is -0.128. The number of benzene rings is 2. The van der Waals surface area contributed by atoms with Gasteiger partial charge in [0.25, 0.3) is 0 Å². The van der Waals surface area contributed by atoms with Gasteiger partial charge >= 0.3 is 0 Å². The molecule has 2 heterocycles. The summed E-state index contributed by atoms with van der Waals surface area (Å²) >= 11 is 1.77. The summed E-state index contributed by atoms with van der Waals surface area (Å²) in [5.41, 5.74) is 2.49. The van der Waals surface area contributed by atoms with Crippen LogP contribution in [0.25, 0.3) is 10.8 Å². The van der Waals surface area contributed by atoms with Gasteiger partial charge in [0.2, 0.25) is 5.91 Å². The molecule has 27 heavy (non-hydrogen) atoms. The number of hydrogen-bond donors (Lipinski definition) is 0. The zero-order chi connectivity index (χ0) is 18.8. The Bertz CT molecular complexity index is 816. The SMILES string of the molecule is CN(C)c1ccc(C2SCC(=O)N2CCN2CCCCC2)c2ccccc12. The van der Waals surface area contributed by atoms with Crippen LogP contribution >= 0.6 is 11.8 Å². The quantitative estimate of drug-likeness (QED) is 0.781. The highest BCUT2D eigenvalue weighted by atomic mass is 32.2. The lowest BCUT2D eigenvalue weighted by Crippen LogP contribution is -2.39. The van der Waals surface area contributed by atoms with Crippen molar-refractivity contribution in [2.24, 2.45) is 0 Å². The fraction of sp³-hybridized carbons (Fsp3) is 0.500. The second-order valence-corrected chi connectivity index (χ2v) is 8.84. The highest BCUT2D eigenvalue weighted by Crippen LogP contribution is 2.43. The first-order valence-corrected chi connectivity index (χ1v) is 11.0. The predicted octanol–water partition coefficient (Wildman–Crippen LogP) is 3.97. The molecule has 2 saturated heterocycles. The molecule has 144 valence electrons. The van der Waals surface area contributed by atoms with Gasteiger partial charge in [-0.15, -0.1) is 11.8 Å². The Kier molecular flexibility index (Phi) is 5.60. The number of amides is 1. The van der Waals surface area contributed by atoms with Crippen LogP contribution in [0.1, 0.15) is 30.2 Å². The largest absolute Gasteiger partial charge is 0.377 e. The minimum Gasteiger partial charge on any atom is -0.377 e. The van der Waals surface area contributed by atoms with E-state index in [1.807, 2.05) is 0 Å². The normalized spacial score (nSPS) is 21.2. The van der Waals surface area contributed by atoms with Crippen LogP contribution in [0.2, 0.25) is 0 Å². The van der Waals surface area contributed by atoms with Gasteiger partial charge in [-0.1, -0.05) is 36.8 Å². The summed E-state index contributed by atoms with van der Waals surface area (Å²) in [5.74, 6) is 0.872. The van der Waals surface area contributed by atoms with Crippen LogP contribution in [0.4, 0.5) is 5.69 Å². The fourth-order valence-electron chi connectivity index (χ4n) is 4.30. The first-order valence-electron chi connectivity index (χ1n) is 9.97. The molecule has 1 atom stereocenters. The molecule has 5 heteroatoms. The average Bonchev–Trinajstić information content (AvgIpc) is 3.06. The number of anilines is 1. The van der Waals surface area contributed by atoms with Gasteiger partial charge in [-0.3, -0.25) is 4.79 Å². The molecule has 0 N–H and O–H groups in total. The van der Waals surface area contributed by atoms with Crippen molar-refractivity contribution in [1.29, 1.82) is 0 Å². The van der Waals surface area contributed by atoms with Crippen molar-refractivity contribution in [2.45, 2.75) is 24.6 Å². The Balaban J connectivity index is 1.61. The summed E-state index contributed by atoms with van der Waals surface area (Å²) in [5, 5.41) is 2.65. The molecule has 0 radical (unpaired) electrons. The first kappa shape index (κ1) is 18.6. The van der Waals surface area contributed by atoms with E-state index >= 15 is 0 Å². The van der Waals surface area contributed by atoms with Crippen LogP contribution in [-0.2, 0) is 4.79 Å². The lowest BCUT2D eigenvalue weighted by atomic mass is 10.0. The van der Waals surface area contributed by atoms with Gasteiger partial charge in [-0.05, 0) is 42.9 Å². The minimum absolute atomic E-state index is 0.128. The third-order valence-electron chi connectivity index (χ3n) is 5.76. The van der Waals surface area contributed by atoms with Crippen molar-refractivity contribution < 1.29 is 4.79 Å². The minimum atomic E-state index is 0.128. The summed E-state index contributed by atoms with van der Waals surface area (Å²) < 4.78 is 0. The molecule has 2 aliphatic rings. The standard InChI is InChI=1S/C22H29N3OS/c1-23(2)20-11-10-19(17-8-4-5-9-18(17)20)22-25(21(26)16-27-22)15-14-24-12-6-3-7-13-24/h4-5,8-11,22H,3,6-7,12-16H2,1-2H3. The molecular formula is C22H29N3OS. The second-order valence-electron chi connectivity index (χ2n) is 7.77. The van der Waals surface area contributed by atoms with E-state index in [1.165, 1.54) is 54.4 Å². The number of thioether (sulfide) groups is 1. The number of likely N-dealkylation sites (tertiary alicyclic amines) is 1. The van der Waals surface area contributed by atoms with Crippen LogP contribution in [0.5, 0.6) is 0 Å². The topological polar surface area (TPSA) is 26.8 Å². The van der Waals surface area contributed by atoms with Crippen molar-refractivity contribution in [3.8, 4) is 0 Å². The number of hydrogen-bond acceptors (Lipinski definition) is 4. The van der Waals surface area contributed by atoms with Crippen molar-refractivity contribution in [3.05, 3.63) is 42.0 Å².